The highest BCUT2D eigenvalue weighted by atomic mass is 19.4. The standard InChI is InChI=1S/C13H12F4N2/c1-2-7-19-8-10(12(18-19)13(15,16)17)9-5-3-4-6-11(9)14/h3-6,8H,2,7H2,1H3. The average molecular weight is 272 g/mol. The predicted octanol–water partition coefficient (Wildman–Crippen LogP) is 4.12. The molecule has 0 aliphatic carbocycles. The van der Waals surface area contributed by atoms with Crippen LogP contribution in [-0.2, 0) is 12.7 Å². The van der Waals surface area contributed by atoms with Gasteiger partial charge < -0.3 is 0 Å². The summed E-state index contributed by atoms with van der Waals surface area (Å²) >= 11 is 0. The van der Waals surface area contributed by atoms with Crippen LogP contribution in [0.2, 0.25) is 0 Å². The van der Waals surface area contributed by atoms with E-state index in [0.717, 1.165) is 6.07 Å². The number of aryl methyl sites for hydroxylation is 1. The molecular formula is C13H12F4N2. The fourth-order valence-electron chi connectivity index (χ4n) is 1.85. The maximum Gasteiger partial charge on any atom is 0.435 e. The summed E-state index contributed by atoms with van der Waals surface area (Å²) in [6, 6.07) is 5.38. The van der Waals surface area contributed by atoms with E-state index in [4.69, 9.17) is 0 Å². The van der Waals surface area contributed by atoms with Crippen molar-refractivity contribution in [1.82, 2.24) is 9.78 Å². The highest BCUT2D eigenvalue weighted by Gasteiger charge is 2.38. The second-order valence-electron chi connectivity index (χ2n) is 4.13. The first kappa shape index (κ1) is 13.6. The first-order valence-electron chi connectivity index (χ1n) is 5.83. The number of halogens is 4. The lowest BCUT2D eigenvalue weighted by Crippen LogP contribution is -2.09. The van der Waals surface area contributed by atoms with E-state index in [1.165, 1.54) is 29.1 Å². The van der Waals surface area contributed by atoms with Gasteiger partial charge in [0.1, 0.15) is 5.82 Å². The Morgan fingerprint density at radius 2 is 1.84 bits per heavy atom. The van der Waals surface area contributed by atoms with Crippen molar-refractivity contribution < 1.29 is 17.6 Å². The summed E-state index contributed by atoms with van der Waals surface area (Å²) in [5.74, 6) is -0.691. The predicted molar refractivity (Wildman–Crippen MR) is 62.9 cm³/mol. The zero-order valence-corrected chi connectivity index (χ0v) is 10.2. The van der Waals surface area contributed by atoms with E-state index in [1.807, 2.05) is 6.92 Å². The van der Waals surface area contributed by atoms with Crippen molar-refractivity contribution in [3.05, 3.63) is 42.0 Å². The van der Waals surface area contributed by atoms with Gasteiger partial charge in [-0.1, -0.05) is 25.1 Å². The second-order valence-corrected chi connectivity index (χ2v) is 4.13. The van der Waals surface area contributed by atoms with Crippen LogP contribution in [0.25, 0.3) is 11.1 Å². The topological polar surface area (TPSA) is 17.8 Å². The summed E-state index contributed by atoms with van der Waals surface area (Å²) in [4.78, 5) is 0. The molecule has 0 spiro atoms. The third-order valence-electron chi connectivity index (χ3n) is 2.65. The Hall–Kier alpha value is -1.85. The van der Waals surface area contributed by atoms with E-state index >= 15 is 0 Å². The van der Waals surface area contributed by atoms with Crippen molar-refractivity contribution in [2.24, 2.45) is 0 Å². The van der Waals surface area contributed by atoms with Gasteiger partial charge in [-0.05, 0) is 12.5 Å². The summed E-state index contributed by atoms with van der Waals surface area (Å²) in [6.45, 7) is 2.19. The summed E-state index contributed by atoms with van der Waals surface area (Å²) in [7, 11) is 0. The average Bonchev–Trinajstić information content (AvgIpc) is 2.74. The minimum absolute atomic E-state index is 0.0859. The minimum atomic E-state index is -4.60. The molecule has 1 aromatic heterocycles. The SMILES string of the molecule is CCCn1cc(-c2ccccc2F)c(C(F)(F)F)n1. The van der Waals surface area contributed by atoms with Crippen molar-refractivity contribution in [1.29, 1.82) is 0 Å². The summed E-state index contributed by atoms with van der Waals surface area (Å²) < 4.78 is 53.6. The summed E-state index contributed by atoms with van der Waals surface area (Å²) in [6.07, 6.45) is -2.71. The Balaban J connectivity index is 2.58. The molecular weight excluding hydrogens is 260 g/mol. The lowest BCUT2D eigenvalue weighted by Gasteiger charge is -2.06. The van der Waals surface area contributed by atoms with Crippen molar-refractivity contribution in [2.75, 3.05) is 0 Å². The van der Waals surface area contributed by atoms with Gasteiger partial charge in [0.2, 0.25) is 0 Å². The zero-order valence-electron chi connectivity index (χ0n) is 10.2. The highest BCUT2D eigenvalue weighted by molar-refractivity contribution is 5.66. The molecule has 102 valence electrons. The molecule has 0 N–H and O–H groups in total. The molecule has 0 unspecified atom stereocenters. The van der Waals surface area contributed by atoms with Gasteiger partial charge in [0.05, 0.1) is 0 Å². The van der Waals surface area contributed by atoms with Gasteiger partial charge in [0.25, 0.3) is 0 Å². The van der Waals surface area contributed by atoms with Crippen LogP contribution in [0.1, 0.15) is 19.0 Å². The Morgan fingerprint density at radius 1 is 1.16 bits per heavy atom. The molecule has 0 aliphatic heterocycles. The molecule has 2 nitrogen and oxygen atoms in total. The van der Waals surface area contributed by atoms with E-state index in [0.29, 0.717) is 13.0 Å². The van der Waals surface area contributed by atoms with Crippen LogP contribution in [0.5, 0.6) is 0 Å². The summed E-state index contributed by atoms with van der Waals surface area (Å²) in [5, 5.41) is 3.51. The largest absolute Gasteiger partial charge is 0.435 e. The van der Waals surface area contributed by atoms with Crippen molar-refractivity contribution in [3.8, 4) is 11.1 Å². The molecule has 1 aromatic carbocycles. The molecule has 0 saturated heterocycles. The number of alkyl halides is 3. The quantitative estimate of drug-likeness (QED) is 0.768. The number of hydrogen-bond donors (Lipinski definition) is 0. The first-order chi connectivity index (χ1) is 8.93. The zero-order chi connectivity index (χ0) is 14.0. The number of aromatic nitrogens is 2. The van der Waals surface area contributed by atoms with Crippen LogP contribution in [0.15, 0.2) is 30.5 Å². The molecule has 0 fully saturated rings. The normalized spacial score (nSPS) is 11.8. The Labute approximate surface area is 107 Å². The molecule has 0 amide bonds. The van der Waals surface area contributed by atoms with Gasteiger partial charge in [0.15, 0.2) is 5.69 Å². The molecule has 0 saturated carbocycles. The number of hydrogen-bond acceptors (Lipinski definition) is 1. The van der Waals surface area contributed by atoms with Crippen LogP contribution in [0.3, 0.4) is 0 Å². The Kier molecular flexibility index (Phi) is 3.59. The fraction of sp³-hybridized carbons (Fsp3) is 0.308. The Morgan fingerprint density at radius 3 is 2.42 bits per heavy atom. The third-order valence-corrected chi connectivity index (χ3v) is 2.65. The number of nitrogens with zero attached hydrogens (tertiary/aromatic N) is 2. The van der Waals surface area contributed by atoms with Crippen molar-refractivity contribution in [2.45, 2.75) is 26.1 Å². The van der Waals surface area contributed by atoms with Gasteiger partial charge in [0, 0.05) is 23.9 Å². The lowest BCUT2D eigenvalue weighted by molar-refractivity contribution is -0.141. The molecule has 0 radical (unpaired) electrons. The molecule has 2 aromatic rings. The van der Waals surface area contributed by atoms with Crippen LogP contribution in [0.4, 0.5) is 17.6 Å². The Bertz CT molecular complexity index is 572. The molecule has 2 rings (SSSR count). The van der Waals surface area contributed by atoms with Crippen molar-refractivity contribution in [3.63, 3.8) is 0 Å². The molecule has 0 bridgehead atoms. The molecule has 0 atom stereocenters. The highest BCUT2D eigenvalue weighted by Crippen LogP contribution is 2.36. The number of rotatable bonds is 3. The van der Waals surface area contributed by atoms with Crippen LogP contribution >= 0.6 is 0 Å². The third kappa shape index (κ3) is 2.77. The fourth-order valence-corrected chi connectivity index (χ4v) is 1.85. The molecule has 0 aliphatic rings. The van der Waals surface area contributed by atoms with Gasteiger partial charge in [-0.25, -0.2) is 4.39 Å². The summed E-state index contributed by atoms with van der Waals surface area (Å²) in [5.41, 5.74) is -1.36. The maximum atomic E-state index is 13.6. The van der Waals surface area contributed by atoms with Crippen LogP contribution < -0.4 is 0 Å². The van der Waals surface area contributed by atoms with Gasteiger partial charge in [-0.15, -0.1) is 0 Å². The lowest BCUT2D eigenvalue weighted by atomic mass is 10.1. The van der Waals surface area contributed by atoms with E-state index in [9.17, 15) is 17.6 Å². The smallest absolute Gasteiger partial charge is 0.272 e. The van der Waals surface area contributed by atoms with Crippen molar-refractivity contribution >= 4 is 0 Å². The first-order valence-corrected chi connectivity index (χ1v) is 5.83. The van der Waals surface area contributed by atoms with Gasteiger partial charge >= 0.3 is 6.18 Å². The molecule has 19 heavy (non-hydrogen) atoms. The minimum Gasteiger partial charge on any atom is -0.272 e. The van der Waals surface area contributed by atoms with Crippen LogP contribution in [0, 0.1) is 5.82 Å². The van der Waals surface area contributed by atoms with E-state index < -0.39 is 17.7 Å². The van der Waals surface area contributed by atoms with E-state index in [-0.39, 0.29) is 11.1 Å². The molecule has 1 heterocycles. The van der Waals surface area contributed by atoms with Crippen LogP contribution in [-0.4, -0.2) is 9.78 Å². The van der Waals surface area contributed by atoms with Gasteiger partial charge in [-0.2, -0.15) is 18.3 Å². The second kappa shape index (κ2) is 5.03. The van der Waals surface area contributed by atoms with Gasteiger partial charge in [-0.3, -0.25) is 4.68 Å². The maximum absolute atomic E-state index is 13.6. The monoisotopic (exact) mass is 272 g/mol. The van der Waals surface area contributed by atoms with E-state index in [2.05, 4.69) is 5.10 Å². The number of benzene rings is 1. The van der Waals surface area contributed by atoms with E-state index in [1.54, 1.807) is 0 Å². The molecule has 6 heteroatoms.